The van der Waals surface area contributed by atoms with Crippen LogP contribution in [0.1, 0.15) is 29.4 Å². The average Bonchev–Trinajstić information content (AvgIpc) is 2.48. The second-order valence-electron chi connectivity index (χ2n) is 4.84. The van der Waals surface area contributed by atoms with Gasteiger partial charge in [0, 0.05) is 5.92 Å². The molecule has 108 valence electrons. The van der Waals surface area contributed by atoms with Crippen LogP contribution in [-0.2, 0) is 9.59 Å². The predicted molar refractivity (Wildman–Crippen MR) is 78.3 cm³/mol. The Morgan fingerprint density at radius 1 is 0.810 bits per heavy atom. The van der Waals surface area contributed by atoms with Crippen molar-refractivity contribution < 1.29 is 19.8 Å². The fourth-order valence-corrected chi connectivity index (χ4v) is 2.52. The van der Waals surface area contributed by atoms with Crippen molar-refractivity contribution in [3.63, 3.8) is 0 Å². The van der Waals surface area contributed by atoms with E-state index in [9.17, 15) is 14.7 Å². The normalized spacial score (nSPS) is 13.3. The van der Waals surface area contributed by atoms with Gasteiger partial charge in [-0.05, 0) is 11.1 Å². The Morgan fingerprint density at radius 3 is 1.71 bits per heavy atom. The van der Waals surface area contributed by atoms with E-state index >= 15 is 0 Å². The third-order valence-electron chi connectivity index (χ3n) is 3.45. The Morgan fingerprint density at radius 2 is 1.29 bits per heavy atom. The highest BCUT2D eigenvalue weighted by Crippen LogP contribution is 2.35. The van der Waals surface area contributed by atoms with Crippen LogP contribution in [0.25, 0.3) is 0 Å². The van der Waals surface area contributed by atoms with Gasteiger partial charge in [-0.2, -0.15) is 0 Å². The zero-order valence-corrected chi connectivity index (χ0v) is 11.3. The van der Waals surface area contributed by atoms with E-state index in [4.69, 9.17) is 5.11 Å². The first-order valence-electron chi connectivity index (χ1n) is 6.64. The molecule has 2 rings (SSSR count). The predicted octanol–water partition coefficient (Wildman–Crippen LogP) is 3.11. The maximum atomic E-state index is 11.7. The molecule has 0 radical (unpaired) electrons. The van der Waals surface area contributed by atoms with Crippen molar-refractivity contribution in [3.8, 4) is 0 Å². The minimum atomic E-state index is -1.02. The largest absolute Gasteiger partial charge is 0.481 e. The van der Waals surface area contributed by atoms with Gasteiger partial charge in [0.15, 0.2) is 0 Å². The summed E-state index contributed by atoms with van der Waals surface area (Å²) in [7, 11) is 0. The van der Waals surface area contributed by atoms with Crippen molar-refractivity contribution in [3.05, 3.63) is 71.8 Å². The van der Waals surface area contributed by atoms with Gasteiger partial charge in [-0.25, -0.2) is 0 Å². The van der Waals surface area contributed by atoms with Gasteiger partial charge >= 0.3 is 11.9 Å². The van der Waals surface area contributed by atoms with Gasteiger partial charge in [0.05, 0.1) is 12.3 Å². The van der Waals surface area contributed by atoms with Crippen LogP contribution in [0, 0.1) is 0 Å². The number of aliphatic carboxylic acids is 2. The number of hydrogen-bond donors (Lipinski definition) is 2. The molecule has 2 aromatic rings. The molecule has 0 bridgehead atoms. The summed E-state index contributed by atoms with van der Waals surface area (Å²) in [5, 5.41) is 18.7. The SMILES string of the molecule is O=C(O)C[C@@H](c1ccccc1)[C@@H](C(=O)O)c1ccccc1. The maximum Gasteiger partial charge on any atom is 0.311 e. The highest BCUT2D eigenvalue weighted by Gasteiger charge is 2.32. The Hall–Kier alpha value is -2.62. The van der Waals surface area contributed by atoms with Crippen LogP contribution < -0.4 is 0 Å². The van der Waals surface area contributed by atoms with E-state index in [1.54, 1.807) is 54.6 Å². The Labute approximate surface area is 122 Å². The van der Waals surface area contributed by atoms with Crippen LogP contribution in [0.5, 0.6) is 0 Å². The van der Waals surface area contributed by atoms with Gasteiger partial charge < -0.3 is 10.2 Å². The van der Waals surface area contributed by atoms with Crippen molar-refractivity contribution in [1.29, 1.82) is 0 Å². The third-order valence-corrected chi connectivity index (χ3v) is 3.45. The molecule has 4 heteroatoms. The lowest BCUT2D eigenvalue weighted by Crippen LogP contribution is -2.22. The summed E-state index contributed by atoms with van der Waals surface area (Å²) in [4.78, 5) is 22.9. The number of carboxylic acids is 2. The molecule has 4 nitrogen and oxygen atoms in total. The van der Waals surface area contributed by atoms with E-state index in [-0.39, 0.29) is 6.42 Å². The molecule has 0 unspecified atom stereocenters. The first-order chi connectivity index (χ1) is 10.1. The van der Waals surface area contributed by atoms with Crippen LogP contribution in [0.3, 0.4) is 0 Å². The number of benzene rings is 2. The van der Waals surface area contributed by atoms with Crippen molar-refractivity contribution in [2.24, 2.45) is 0 Å². The summed E-state index contributed by atoms with van der Waals surface area (Å²) in [6, 6.07) is 17.7. The smallest absolute Gasteiger partial charge is 0.311 e. The third kappa shape index (κ3) is 3.69. The second kappa shape index (κ2) is 6.70. The molecule has 0 heterocycles. The van der Waals surface area contributed by atoms with Crippen LogP contribution in [0.4, 0.5) is 0 Å². The van der Waals surface area contributed by atoms with Crippen LogP contribution in [0.2, 0.25) is 0 Å². The first kappa shape index (κ1) is 14.8. The molecule has 2 aromatic carbocycles. The van der Waals surface area contributed by atoms with Crippen molar-refractivity contribution >= 4 is 11.9 Å². The van der Waals surface area contributed by atoms with Crippen molar-refractivity contribution in [2.45, 2.75) is 18.3 Å². The molecule has 2 atom stereocenters. The maximum absolute atomic E-state index is 11.7. The number of carbonyl (C=O) groups is 2. The molecule has 0 aliphatic heterocycles. The fraction of sp³-hybridized carbons (Fsp3) is 0.176. The summed E-state index contributed by atoms with van der Waals surface area (Å²) in [6.07, 6.45) is -0.226. The van der Waals surface area contributed by atoms with Gasteiger partial charge in [-0.3, -0.25) is 9.59 Å². The Bertz CT molecular complexity index is 607. The van der Waals surface area contributed by atoms with Crippen LogP contribution >= 0.6 is 0 Å². The summed E-state index contributed by atoms with van der Waals surface area (Å²) in [5.41, 5.74) is 1.33. The molecule has 0 fully saturated rings. The highest BCUT2D eigenvalue weighted by molar-refractivity contribution is 5.79. The molecule has 0 spiro atoms. The molecule has 2 N–H and O–H groups in total. The molecule has 0 aliphatic rings. The zero-order chi connectivity index (χ0) is 15.2. The minimum absolute atomic E-state index is 0.226. The van der Waals surface area contributed by atoms with Gasteiger partial charge in [-0.15, -0.1) is 0 Å². The first-order valence-corrected chi connectivity index (χ1v) is 6.64. The standard InChI is InChI=1S/C17H16O4/c18-15(19)11-14(12-7-3-1-4-8-12)16(17(20)21)13-9-5-2-6-10-13/h1-10,14,16H,11H2,(H,18,19)(H,20,21)/t14-,16-/m0/s1. The van der Waals surface area contributed by atoms with Crippen molar-refractivity contribution in [2.75, 3.05) is 0 Å². The Balaban J connectivity index is 2.46. The molecule has 0 amide bonds. The molecule has 0 saturated heterocycles. The molecule has 0 saturated carbocycles. The lowest BCUT2D eigenvalue weighted by molar-refractivity contribution is -0.140. The van der Waals surface area contributed by atoms with E-state index in [2.05, 4.69) is 0 Å². The molecule has 21 heavy (non-hydrogen) atoms. The number of rotatable bonds is 6. The van der Waals surface area contributed by atoms with Gasteiger partial charge in [0.2, 0.25) is 0 Å². The highest BCUT2D eigenvalue weighted by atomic mass is 16.4. The van der Waals surface area contributed by atoms with E-state index in [0.717, 1.165) is 5.56 Å². The summed E-state index contributed by atoms with van der Waals surface area (Å²) < 4.78 is 0. The zero-order valence-electron chi connectivity index (χ0n) is 11.3. The van der Waals surface area contributed by atoms with E-state index in [0.29, 0.717) is 5.56 Å². The second-order valence-corrected chi connectivity index (χ2v) is 4.84. The number of carboxylic acid groups (broad SMARTS) is 2. The van der Waals surface area contributed by atoms with Gasteiger partial charge in [0.1, 0.15) is 0 Å². The molecule has 0 aromatic heterocycles. The van der Waals surface area contributed by atoms with Gasteiger partial charge in [0.25, 0.3) is 0 Å². The average molecular weight is 284 g/mol. The minimum Gasteiger partial charge on any atom is -0.481 e. The fourth-order valence-electron chi connectivity index (χ4n) is 2.52. The van der Waals surface area contributed by atoms with Crippen LogP contribution in [0.15, 0.2) is 60.7 Å². The number of hydrogen-bond acceptors (Lipinski definition) is 2. The van der Waals surface area contributed by atoms with Crippen LogP contribution in [-0.4, -0.2) is 22.2 Å². The van der Waals surface area contributed by atoms with E-state index in [1.807, 2.05) is 6.07 Å². The molecule has 0 aliphatic carbocycles. The monoisotopic (exact) mass is 284 g/mol. The Kier molecular flexibility index (Phi) is 4.72. The summed E-state index contributed by atoms with van der Waals surface area (Å²) in [5.74, 6) is -3.52. The van der Waals surface area contributed by atoms with Gasteiger partial charge in [-0.1, -0.05) is 60.7 Å². The summed E-state index contributed by atoms with van der Waals surface area (Å²) in [6.45, 7) is 0. The van der Waals surface area contributed by atoms with Crippen molar-refractivity contribution in [1.82, 2.24) is 0 Å². The quantitative estimate of drug-likeness (QED) is 0.854. The molecular formula is C17H16O4. The lowest BCUT2D eigenvalue weighted by Gasteiger charge is -2.23. The topological polar surface area (TPSA) is 74.6 Å². The molecular weight excluding hydrogens is 268 g/mol. The summed E-state index contributed by atoms with van der Waals surface area (Å²) >= 11 is 0. The van der Waals surface area contributed by atoms with E-state index < -0.39 is 23.8 Å². The lowest BCUT2D eigenvalue weighted by atomic mass is 9.79. The van der Waals surface area contributed by atoms with E-state index in [1.165, 1.54) is 0 Å².